The summed E-state index contributed by atoms with van der Waals surface area (Å²) in [5.41, 5.74) is 1.13. The van der Waals surface area contributed by atoms with Crippen molar-refractivity contribution in [2.75, 3.05) is 46.1 Å². The molecule has 1 saturated heterocycles. The van der Waals surface area contributed by atoms with E-state index in [4.69, 9.17) is 14.6 Å². The minimum atomic E-state index is -0.599. The maximum absolute atomic E-state index is 12.1. The molecular weight excluding hydrogens is 326 g/mol. The van der Waals surface area contributed by atoms with E-state index in [1.807, 2.05) is 18.2 Å². The molecule has 1 aromatic carbocycles. The zero-order valence-corrected chi connectivity index (χ0v) is 14.1. The van der Waals surface area contributed by atoms with Crippen LogP contribution in [0.3, 0.4) is 0 Å². The summed E-state index contributed by atoms with van der Waals surface area (Å²) in [6, 6.07) is 5.91. The lowest BCUT2D eigenvalue weighted by atomic mass is 10.1. The minimum absolute atomic E-state index is 0.00694. The summed E-state index contributed by atoms with van der Waals surface area (Å²) in [5.74, 6) is 0.440. The number of aliphatic hydroxyl groups is 1. The number of hydrogen-bond acceptors (Lipinski definition) is 6. The van der Waals surface area contributed by atoms with E-state index >= 15 is 0 Å². The Morgan fingerprint density at radius 3 is 2.64 bits per heavy atom. The maximum Gasteiger partial charge on any atom is 0.311 e. The minimum Gasteiger partial charge on any atom is -0.454 e. The number of amides is 2. The molecule has 1 fully saturated rings. The van der Waals surface area contributed by atoms with Gasteiger partial charge in [-0.25, -0.2) is 0 Å². The summed E-state index contributed by atoms with van der Waals surface area (Å²) in [6.07, 6.45) is 0.447. The molecule has 25 heavy (non-hydrogen) atoms. The van der Waals surface area contributed by atoms with Gasteiger partial charge in [0.1, 0.15) is 0 Å². The number of aliphatic hydroxyl groups excluding tert-OH is 1. The average molecular weight is 349 g/mol. The highest BCUT2D eigenvalue weighted by molar-refractivity contribution is 6.35. The van der Waals surface area contributed by atoms with Gasteiger partial charge in [-0.1, -0.05) is 6.07 Å². The number of benzene rings is 1. The van der Waals surface area contributed by atoms with Gasteiger partial charge in [-0.3, -0.25) is 14.5 Å². The number of rotatable bonds is 5. The third-order valence-electron chi connectivity index (χ3n) is 4.32. The van der Waals surface area contributed by atoms with Gasteiger partial charge in [0.05, 0.1) is 0 Å². The fourth-order valence-electron chi connectivity index (χ4n) is 2.91. The molecule has 0 aliphatic carbocycles. The van der Waals surface area contributed by atoms with Crippen molar-refractivity contribution in [2.24, 2.45) is 0 Å². The van der Waals surface area contributed by atoms with Crippen molar-refractivity contribution in [3.63, 3.8) is 0 Å². The summed E-state index contributed by atoms with van der Waals surface area (Å²) in [6.45, 7) is 3.81. The van der Waals surface area contributed by atoms with Crippen LogP contribution in [0.5, 0.6) is 11.5 Å². The van der Waals surface area contributed by atoms with Crippen LogP contribution in [0.1, 0.15) is 12.0 Å². The zero-order chi connectivity index (χ0) is 17.6. The van der Waals surface area contributed by atoms with Crippen LogP contribution in [-0.4, -0.2) is 72.8 Å². The van der Waals surface area contributed by atoms with Crippen molar-refractivity contribution in [1.29, 1.82) is 0 Å². The lowest BCUT2D eigenvalue weighted by Crippen LogP contribution is -2.52. The second kappa shape index (κ2) is 8.17. The van der Waals surface area contributed by atoms with E-state index in [0.717, 1.165) is 23.6 Å². The Hall–Kier alpha value is -2.32. The lowest BCUT2D eigenvalue weighted by Gasteiger charge is -2.34. The fraction of sp³-hybridized carbons (Fsp3) is 0.529. The van der Waals surface area contributed by atoms with Crippen LogP contribution in [0.25, 0.3) is 0 Å². The Morgan fingerprint density at radius 2 is 1.88 bits per heavy atom. The van der Waals surface area contributed by atoms with Crippen molar-refractivity contribution in [2.45, 2.75) is 13.0 Å². The number of carbonyl (C=O) groups excluding carboxylic acids is 2. The molecule has 2 N–H and O–H groups in total. The van der Waals surface area contributed by atoms with Crippen molar-refractivity contribution >= 4 is 11.8 Å². The van der Waals surface area contributed by atoms with E-state index in [9.17, 15) is 9.59 Å². The van der Waals surface area contributed by atoms with Crippen LogP contribution in [-0.2, 0) is 16.1 Å². The Balaban J connectivity index is 1.45. The summed E-state index contributed by atoms with van der Waals surface area (Å²) < 4.78 is 10.7. The molecule has 0 aromatic heterocycles. The molecule has 2 heterocycles. The van der Waals surface area contributed by atoms with Gasteiger partial charge in [-0.15, -0.1) is 0 Å². The van der Waals surface area contributed by atoms with Crippen LogP contribution in [0.4, 0.5) is 0 Å². The number of ether oxygens (including phenoxy) is 2. The van der Waals surface area contributed by atoms with Crippen LogP contribution in [0.2, 0.25) is 0 Å². The van der Waals surface area contributed by atoms with Crippen LogP contribution < -0.4 is 14.8 Å². The first-order valence-electron chi connectivity index (χ1n) is 8.46. The Labute approximate surface area is 146 Å². The predicted molar refractivity (Wildman–Crippen MR) is 89.1 cm³/mol. The first kappa shape index (κ1) is 17.5. The van der Waals surface area contributed by atoms with Gasteiger partial charge >= 0.3 is 11.8 Å². The van der Waals surface area contributed by atoms with Crippen LogP contribution in [0, 0.1) is 0 Å². The molecule has 0 saturated carbocycles. The van der Waals surface area contributed by atoms with E-state index in [-0.39, 0.29) is 13.4 Å². The number of nitrogens with one attached hydrogen (secondary N) is 1. The molecule has 0 radical (unpaired) electrons. The zero-order valence-electron chi connectivity index (χ0n) is 14.1. The number of fused-ring (bicyclic) bond motifs is 1. The summed E-state index contributed by atoms with van der Waals surface area (Å²) in [7, 11) is 0. The van der Waals surface area contributed by atoms with Gasteiger partial charge in [0, 0.05) is 45.9 Å². The lowest BCUT2D eigenvalue weighted by molar-refractivity contribution is -0.147. The molecule has 8 nitrogen and oxygen atoms in total. The topological polar surface area (TPSA) is 91.3 Å². The largest absolute Gasteiger partial charge is 0.454 e. The van der Waals surface area contributed by atoms with E-state index in [2.05, 4.69) is 10.2 Å². The van der Waals surface area contributed by atoms with Gasteiger partial charge in [-0.2, -0.15) is 0 Å². The Morgan fingerprint density at radius 1 is 1.12 bits per heavy atom. The smallest absolute Gasteiger partial charge is 0.311 e. The first-order valence-corrected chi connectivity index (χ1v) is 8.46. The quantitative estimate of drug-likeness (QED) is 0.553. The SMILES string of the molecule is O=C(NCCCO)C(=O)N1CCN(Cc2ccc3c(c2)OCO3)CC1. The van der Waals surface area contributed by atoms with Gasteiger partial charge in [0.15, 0.2) is 11.5 Å². The second-order valence-corrected chi connectivity index (χ2v) is 6.09. The maximum atomic E-state index is 12.1. The third-order valence-corrected chi connectivity index (χ3v) is 4.32. The molecule has 136 valence electrons. The average Bonchev–Trinajstić information content (AvgIpc) is 3.09. The standard InChI is InChI=1S/C17H23N3O5/c21-9-1-4-18-16(22)17(23)20-7-5-19(6-8-20)11-13-2-3-14-15(10-13)25-12-24-14/h2-3,10,21H,1,4-9,11-12H2,(H,18,22). The number of nitrogens with zero attached hydrogens (tertiary/aromatic N) is 2. The van der Waals surface area contributed by atoms with Crippen molar-refractivity contribution < 1.29 is 24.2 Å². The molecule has 3 rings (SSSR count). The molecule has 8 heteroatoms. The van der Waals surface area contributed by atoms with Crippen molar-refractivity contribution in [1.82, 2.24) is 15.1 Å². The van der Waals surface area contributed by atoms with Gasteiger partial charge < -0.3 is 24.8 Å². The fourth-order valence-corrected chi connectivity index (χ4v) is 2.91. The highest BCUT2D eigenvalue weighted by Crippen LogP contribution is 2.32. The first-order chi connectivity index (χ1) is 12.2. The predicted octanol–water partition coefficient (Wildman–Crippen LogP) is -0.442. The second-order valence-electron chi connectivity index (χ2n) is 6.09. The van der Waals surface area contributed by atoms with Gasteiger partial charge in [0.25, 0.3) is 0 Å². The summed E-state index contributed by atoms with van der Waals surface area (Å²) >= 11 is 0. The number of hydrogen-bond donors (Lipinski definition) is 2. The highest BCUT2D eigenvalue weighted by Gasteiger charge is 2.26. The van der Waals surface area contributed by atoms with E-state index < -0.39 is 11.8 Å². The molecular formula is C17H23N3O5. The van der Waals surface area contributed by atoms with E-state index in [0.29, 0.717) is 39.1 Å². The van der Waals surface area contributed by atoms with Gasteiger partial charge in [-0.05, 0) is 24.1 Å². The van der Waals surface area contributed by atoms with Gasteiger partial charge in [0.2, 0.25) is 6.79 Å². The summed E-state index contributed by atoms with van der Waals surface area (Å²) in [5, 5.41) is 11.2. The monoisotopic (exact) mass is 349 g/mol. The Kier molecular flexibility index (Phi) is 5.72. The summed E-state index contributed by atoms with van der Waals surface area (Å²) in [4.78, 5) is 27.7. The molecule has 0 atom stereocenters. The molecule has 2 amide bonds. The molecule has 2 aliphatic heterocycles. The van der Waals surface area contributed by atoms with E-state index in [1.54, 1.807) is 4.90 Å². The normalized spacial score (nSPS) is 16.8. The Bertz CT molecular complexity index is 629. The van der Waals surface area contributed by atoms with Crippen molar-refractivity contribution in [3.05, 3.63) is 23.8 Å². The van der Waals surface area contributed by atoms with Crippen molar-refractivity contribution in [3.8, 4) is 11.5 Å². The van der Waals surface area contributed by atoms with Crippen LogP contribution in [0.15, 0.2) is 18.2 Å². The molecule has 0 spiro atoms. The number of piperazine rings is 1. The highest BCUT2D eigenvalue weighted by atomic mass is 16.7. The molecule has 0 bridgehead atoms. The number of carbonyl (C=O) groups is 2. The molecule has 0 unspecified atom stereocenters. The van der Waals surface area contributed by atoms with E-state index in [1.165, 1.54) is 0 Å². The molecule has 2 aliphatic rings. The third kappa shape index (κ3) is 4.40. The van der Waals surface area contributed by atoms with Crippen LogP contribution >= 0.6 is 0 Å². The molecule has 1 aromatic rings.